The first kappa shape index (κ1) is 19.4. The third-order valence-electron chi connectivity index (χ3n) is 3.78. The lowest BCUT2D eigenvalue weighted by atomic mass is 10.0. The van der Waals surface area contributed by atoms with E-state index in [9.17, 15) is 4.79 Å². The van der Waals surface area contributed by atoms with Crippen LogP contribution in [0.4, 0.5) is 5.13 Å². The Hall–Kier alpha value is -1.92. The smallest absolute Gasteiger partial charge is 0.184 e. The molecule has 0 unspecified atom stereocenters. The minimum absolute atomic E-state index is 0. The first-order chi connectivity index (χ1) is 11.6. The third-order valence-corrected chi connectivity index (χ3v) is 4.75. The van der Waals surface area contributed by atoms with Gasteiger partial charge < -0.3 is 27.0 Å². The Morgan fingerprint density at radius 3 is 2.80 bits per heavy atom. The number of hydrogen-bond acceptors (Lipinski definition) is 5. The number of nitrogens with zero attached hydrogens (tertiary/aromatic N) is 1. The van der Waals surface area contributed by atoms with Crippen LogP contribution in [0.5, 0.6) is 5.75 Å². The van der Waals surface area contributed by atoms with Crippen molar-refractivity contribution in [1.82, 2.24) is 4.98 Å². The monoisotopic (exact) mass is 419 g/mol. The van der Waals surface area contributed by atoms with Crippen molar-refractivity contribution < 1.29 is 26.5 Å². The molecule has 1 heterocycles. The highest BCUT2D eigenvalue weighted by Crippen LogP contribution is 2.32. The number of benzene rings is 2. The quantitative estimate of drug-likeness (QED) is 0.616. The van der Waals surface area contributed by atoms with Gasteiger partial charge >= 0.3 is 0 Å². The van der Waals surface area contributed by atoms with Gasteiger partial charge in [0, 0.05) is 5.56 Å². The highest BCUT2D eigenvalue weighted by Gasteiger charge is 2.12. The molecular weight excluding hydrogens is 400 g/mol. The molecule has 2 aromatic carbocycles. The number of aryl methyl sites for hydroxylation is 2. The Bertz CT molecular complexity index is 892. The zero-order valence-corrected chi connectivity index (χ0v) is 16.8. The van der Waals surface area contributed by atoms with Gasteiger partial charge in [-0.25, -0.2) is 4.98 Å². The fourth-order valence-electron chi connectivity index (χ4n) is 2.56. The first-order valence-corrected chi connectivity index (χ1v) is 8.77. The van der Waals surface area contributed by atoms with E-state index in [2.05, 4.69) is 10.3 Å². The Morgan fingerprint density at radius 2 is 2.04 bits per heavy atom. The molecule has 0 aliphatic heterocycles. The lowest BCUT2D eigenvalue weighted by Gasteiger charge is -2.06. The summed E-state index contributed by atoms with van der Waals surface area (Å²) < 4.78 is 6.65. The van der Waals surface area contributed by atoms with Gasteiger partial charge in [-0.05, 0) is 44.5 Å². The van der Waals surface area contributed by atoms with Gasteiger partial charge in [-0.3, -0.25) is 4.79 Å². The number of para-hydroxylation sites is 1. The minimum Gasteiger partial charge on any atom is -1.00 e. The molecule has 0 aliphatic carbocycles. The van der Waals surface area contributed by atoms with Crippen molar-refractivity contribution in [1.29, 1.82) is 0 Å². The molecule has 132 valence electrons. The molecule has 1 N–H and O–H groups in total. The molecular formula is C19H20BrN2O2S-. The topological polar surface area (TPSA) is 51.2 Å². The second kappa shape index (κ2) is 8.45. The summed E-state index contributed by atoms with van der Waals surface area (Å²) in [7, 11) is 0. The Balaban J connectivity index is 0.00000225. The molecule has 0 radical (unpaired) electrons. The van der Waals surface area contributed by atoms with Crippen molar-refractivity contribution in [2.24, 2.45) is 0 Å². The van der Waals surface area contributed by atoms with Crippen LogP contribution in [0.25, 0.3) is 10.2 Å². The van der Waals surface area contributed by atoms with Crippen LogP contribution in [0.15, 0.2) is 36.4 Å². The van der Waals surface area contributed by atoms with Crippen LogP contribution >= 0.6 is 11.3 Å². The van der Waals surface area contributed by atoms with E-state index in [1.165, 1.54) is 11.3 Å². The number of carbonyl (C=O) groups is 1. The number of aromatic nitrogens is 1. The number of nitrogens with one attached hydrogen (secondary N) is 1. The summed E-state index contributed by atoms with van der Waals surface area (Å²) in [6, 6.07) is 11.8. The molecule has 4 nitrogen and oxygen atoms in total. The highest BCUT2D eigenvalue weighted by atomic mass is 79.9. The highest BCUT2D eigenvalue weighted by molar-refractivity contribution is 7.22. The predicted octanol–water partition coefficient (Wildman–Crippen LogP) is 1.61. The summed E-state index contributed by atoms with van der Waals surface area (Å²) in [6.45, 7) is 6.73. The van der Waals surface area contributed by atoms with Crippen LogP contribution < -0.4 is 27.0 Å². The molecule has 3 rings (SSSR count). The fourth-order valence-corrected chi connectivity index (χ4v) is 3.44. The number of rotatable bonds is 6. The summed E-state index contributed by atoms with van der Waals surface area (Å²) in [5.41, 5.74) is 3.69. The number of Topliss-reactive ketones (excluding diaryl/α,β-unsaturated/α-hetero) is 1. The van der Waals surface area contributed by atoms with Crippen LogP contribution in [0.3, 0.4) is 0 Å². The van der Waals surface area contributed by atoms with Gasteiger partial charge in [0.05, 0.1) is 17.9 Å². The molecule has 0 aliphatic rings. The van der Waals surface area contributed by atoms with E-state index < -0.39 is 0 Å². The lowest BCUT2D eigenvalue weighted by molar-refractivity contribution is -0.0000132. The van der Waals surface area contributed by atoms with Gasteiger partial charge in [0.15, 0.2) is 10.9 Å². The average molecular weight is 420 g/mol. The molecule has 1 aromatic heterocycles. The zero-order chi connectivity index (χ0) is 17.1. The zero-order valence-electron chi connectivity index (χ0n) is 14.4. The molecule has 3 aromatic rings. The summed E-state index contributed by atoms with van der Waals surface area (Å²) in [6.07, 6.45) is 0. The van der Waals surface area contributed by atoms with E-state index in [1.807, 2.05) is 57.2 Å². The van der Waals surface area contributed by atoms with E-state index in [0.29, 0.717) is 6.61 Å². The van der Waals surface area contributed by atoms with E-state index in [0.717, 1.165) is 37.8 Å². The van der Waals surface area contributed by atoms with Crippen LogP contribution in [-0.2, 0) is 0 Å². The Labute approximate surface area is 162 Å². The minimum atomic E-state index is 0. The number of halogens is 1. The van der Waals surface area contributed by atoms with Crippen LogP contribution in [0.2, 0.25) is 0 Å². The van der Waals surface area contributed by atoms with Crippen molar-refractivity contribution in [3.8, 4) is 5.75 Å². The van der Waals surface area contributed by atoms with Crippen LogP contribution in [0, 0.1) is 13.8 Å². The first-order valence-electron chi connectivity index (χ1n) is 7.95. The molecule has 25 heavy (non-hydrogen) atoms. The maximum atomic E-state index is 12.5. The van der Waals surface area contributed by atoms with Crippen LogP contribution in [-0.4, -0.2) is 23.9 Å². The average Bonchev–Trinajstić information content (AvgIpc) is 2.99. The normalized spacial score (nSPS) is 10.4. The molecule has 0 spiro atoms. The third kappa shape index (κ3) is 4.38. The van der Waals surface area contributed by atoms with Crippen molar-refractivity contribution in [2.75, 3.05) is 18.5 Å². The van der Waals surface area contributed by atoms with Crippen molar-refractivity contribution in [3.63, 3.8) is 0 Å². The van der Waals surface area contributed by atoms with Gasteiger partial charge in [-0.2, -0.15) is 0 Å². The Kier molecular flexibility index (Phi) is 6.56. The summed E-state index contributed by atoms with van der Waals surface area (Å²) >= 11 is 1.53. The van der Waals surface area contributed by atoms with Gasteiger partial charge in [0.25, 0.3) is 0 Å². The fraction of sp³-hybridized carbons (Fsp3) is 0.263. The van der Waals surface area contributed by atoms with Gasteiger partial charge in [-0.15, -0.1) is 0 Å². The molecule has 0 amide bonds. The van der Waals surface area contributed by atoms with Crippen molar-refractivity contribution >= 4 is 32.5 Å². The maximum Gasteiger partial charge on any atom is 0.184 e. The van der Waals surface area contributed by atoms with Gasteiger partial charge in [0.1, 0.15) is 11.3 Å². The van der Waals surface area contributed by atoms with E-state index in [4.69, 9.17) is 4.74 Å². The van der Waals surface area contributed by atoms with E-state index in [-0.39, 0.29) is 29.3 Å². The van der Waals surface area contributed by atoms with Gasteiger partial charge in [-0.1, -0.05) is 35.1 Å². The molecule has 0 saturated carbocycles. The number of hydrogen-bond donors (Lipinski definition) is 1. The maximum absolute atomic E-state index is 12.5. The number of thiazole rings is 1. The summed E-state index contributed by atoms with van der Waals surface area (Å²) in [5, 5.41) is 3.88. The van der Waals surface area contributed by atoms with E-state index >= 15 is 0 Å². The number of fused-ring (bicyclic) bond motifs is 1. The lowest BCUT2D eigenvalue weighted by Crippen LogP contribution is -3.00. The molecule has 0 saturated heterocycles. The van der Waals surface area contributed by atoms with Crippen LogP contribution in [0.1, 0.15) is 28.4 Å². The second-order valence-electron chi connectivity index (χ2n) is 5.65. The largest absolute Gasteiger partial charge is 1.00 e. The standard InChI is InChI=1S/C19H20N2O2S.BrH/c1-4-23-16-6-5-7-17-18(16)21-19(24-17)20-11-15(22)14-10-12(2)8-9-13(14)3;/h5-10H,4,11H2,1-3H3,(H,20,21);1H/p-1. The van der Waals surface area contributed by atoms with Crippen molar-refractivity contribution in [3.05, 3.63) is 53.1 Å². The second-order valence-corrected chi connectivity index (χ2v) is 6.68. The molecule has 0 fully saturated rings. The molecule has 0 atom stereocenters. The molecule has 6 heteroatoms. The SMILES string of the molecule is CCOc1cccc2sc(NCC(=O)c3cc(C)ccc3C)nc12.[Br-]. The summed E-state index contributed by atoms with van der Waals surface area (Å²) in [5.74, 6) is 0.848. The number of ether oxygens (including phenoxy) is 1. The summed E-state index contributed by atoms with van der Waals surface area (Å²) in [4.78, 5) is 17.0. The molecule has 0 bridgehead atoms. The number of ketones is 1. The number of anilines is 1. The Morgan fingerprint density at radius 1 is 1.24 bits per heavy atom. The van der Waals surface area contributed by atoms with Crippen molar-refractivity contribution in [2.45, 2.75) is 20.8 Å². The predicted molar refractivity (Wildman–Crippen MR) is 99.5 cm³/mol. The van der Waals surface area contributed by atoms with E-state index in [1.54, 1.807) is 0 Å². The van der Waals surface area contributed by atoms with Gasteiger partial charge in [0.2, 0.25) is 0 Å². The number of carbonyl (C=O) groups excluding carboxylic acids is 1.